The van der Waals surface area contributed by atoms with E-state index in [0.29, 0.717) is 6.04 Å². The van der Waals surface area contributed by atoms with Gasteiger partial charge in [-0.2, -0.15) is 0 Å². The third kappa shape index (κ3) is 4.31. The molecule has 0 spiro atoms. The molecule has 1 aliphatic heterocycles. The zero-order chi connectivity index (χ0) is 14.4. The molecule has 0 saturated carbocycles. The van der Waals surface area contributed by atoms with E-state index in [2.05, 4.69) is 43.1 Å². The fourth-order valence-corrected chi connectivity index (χ4v) is 4.15. The van der Waals surface area contributed by atoms with Gasteiger partial charge < -0.3 is 5.32 Å². The lowest BCUT2D eigenvalue weighted by atomic mass is 9.96. The molecule has 3 heteroatoms. The van der Waals surface area contributed by atoms with Crippen molar-refractivity contribution in [2.45, 2.75) is 52.5 Å². The minimum atomic E-state index is 0.579. The summed E-state index contributed by atoms with van der Waals surface area (Å²) in [5.74, 6) is 0.885. The second-order valence-corrected chi connectivity index (χ2v) is 7.22. The maximum atomic E-state index is 3.48. The number of piperidine rings is 1. The van der Waals surface area contributed by atoms with Gasteiger partial charge in [-0.05, 0) is 70.3 Å². The fraction of sp³-hybridized carbons (Fsp3) is 0.765. The SMILES string of the molecule is CCCN(CC1CCNCC1)C(C)c1ccc(CC)s1. The fourth-order valence-electron chi connectivity index (χ4n) is 3.12. The molecule has 0 bridgehead atoms. The summed E-state index contributed by atoms with van der Waals surface area (Å²) in [6.07, 6.45) is 5.11. The van der Waals surface area contributed by atoms with Crippen molar-refractivity contribution in [1.82, 2.24) is 10.2 Å². The lowest BCUT2D eigenvalue weighted by molar-refractivity contribution is 0.163. The van der Waals surface area contributed by atoms with Gasteiger partial charge >= 0.3 is 0 Å². The highest BCUT2D eigenvalue weighted by Crippen LogP contribution is 2.29. The molecular formula is C17H30N2S. The van der Waals surface area contributed by atoms with E-state index in [-0.39, 0.29) is 0 Å². The predicted octanol–water partition coefficient (Wildman–Crippen LogP) is 4.08. The highest BCUT2D eigenvalue weighted by Gasteiger charge is 2.22. The van der Waals surface area contributed by atoms with Crippen LogP contribution in [-0.4, -0.2) is 31.1 Å². The van der Waals surface area contributed by atoms with Gasteiger partial charge in [-0.1, -0.05) is 13.8 Å². The van der Waals surface area contributed by atoms with Gasteiger partial charge in [0.2, 0.25) is 0 Å². The minimum Gasteiger partial charge on any atom is -0.317 e. The van der Waals surface area contributed by atoms with E-state index in [1.165, 1.54) is 56.7 Å². The topological polar surface area (TPSA) is 15.3 Å². The van der Waals surface area contributed by atoms with Crippen LogP contribution in [0.2, 0.25) is 0 Å². The standard InChI is InChI=1S/C17H30N2S/c1-4-12-19(13-15-8-10-18-11-9-15)14(3)17-7-6-16(5-2)20-17/h6-7,14-15,18H,4-5,8-13H2,1-3H3. The predicted molar refractivity (Wildman–Crippen MR) is 89.6 cm³/mol. The van der Waals surface area contributed by atoms with Gasteiger partial charge in [0.05, 0.1) is 0 Å². The molecule has 2 rings (SSSR count). The molecule has 114 valence electrons. The molecule has 1 unspecified atom stereocenters. The van der Waals surface area contributed by atoms with Crippen molar-refractivity contribution in [2.24, 2.45) is 5.92 Å². The number of hydrogen-bond acceptors (Lipinski definition) is 3. The van der Waals surface area contributed by atoms with E-state index in [9.17, 15) is 0 Å². The third-order valence-corrected chi connectivity index (χ3v) is 5.85. The Bertz CT molecular complexity index is 382. The van der Waals surface area contributed by atoms with Crippen LogP contribution in [0, 0.1) is 5.92 Å². The molecule has 1 atom stereocenters. The Balaban J connectivity index is 1.98. The monoisotopic (exact) mass is 294 g/mol. The molecule has 1 aromatic heterocycles. The largest absolute Gasteiger partial charge is 0.317 e. The van der Waals surface area contributed by atoms with Crippen molar-refractivity contribution in [3.05, 3.63) is 21.9 Å². The smallest absolute Gasteiger partial charge is 0.0413 e. The van der Waals surface area contributed by atoms with Crippen LogP contribution in [0.15, 0.2) is 12.1 Å². The quantitative estimate of drug-likeness (QED) is 0.815. The summed E-state index contributed by atoms with van der Waals surface area (Å²) in [6, 6.07) is 5.24. The van der Waals surface area contributed by atoms with Gasteiger partial charge in [0.1, 0.15) is 0 Å². The zero-order valence-electron chi connectivity index (χ0n) is 13.3. The van der Waals surface area contributed by atoms with Gasteiger partial charge in [-0.15, -0.1) is 11.3 Å². The second kappa shape index (κ2) is 8.16. The molecule has 0 radical (unpaired) electrons. The Labute approximate surface area is 128 Å². The van der Waals surface area contributed by atoms with Crippen LogP contribution in [0.4, 0.5) is 0 Å². The summed E-state index contributed by atoms with van der Waals surface area (Å²) in [7, 11) is 0. The maximum absolute atomic E-state index is 3.48. The summed E-state index contributed by atoms with van der Waals surface area (Å²) in [5, 5.41) is 3.48. The van der Waals surface area contributed by atoms with E-state index in [1.807, 2.05) is 11.3 Å². The van der Waals surface area contributed by atoms with Crippen LogP contribution in [0.25, 0.3) is 0 Å². The number of rotatable bonds is 7. The molecule has 1 fully saturated rings. The average molecular weight is 295 g/mol. The van der Waals surface area contributed by atoms with Crippen LogP contribution < -0.4 is 5.32 Å². The highest BCUT2D eigenvalue weighted by molar-refractivity contribution is 7.12. The molecule has 0 aromatic carbocycles. The molecule has 1 N–H and O–H groups in total. The first-order valence-electron chi connectivity index (χ1n) is 8.28. The van der Waals surface area contributed by atoms with Crippen molar-refractivity contribution in [2.75, 3.05) is 26.2 Å². The van der Waals surface area contributed by atoms with E-state index in [0.717, 1.165) is 5.92 Å². The molecule has 2 nitrogen and oxygen atoms in total. The molecular weight excluding hydrogens is 264 g/mol. The lowest BCUT2D eigenvalue weighted by Crippen LogP contribution is -2.37. The lowest BCUT2D eigenvalue weighted by Gasteiger charge is -2.33. The zero-order valence-corrected chi connectivity index (χ0v) is 14.1. The molecule has 1 aromatic rings. The maximum Gasteiger partial charge on any atom is 0.0413 e. The Kier molecular flexibility index (Phi) is 6.53. The highest BCUT2D eigenvalue weighted by atomic mass is 32.1. The first-order chi connectivity index (χ1) is 9.74. The number of thiophene rings is 1. The summed E-state index contributed by atoms with van der Waals surface area (Å²) in [6.45, 7) is 11.9. The Morgan fingerprint density at radius 3 is 2.65 bits per heavy atom. The van der Waals surface area contributed by atoms with Crippen molar-refractivity contribution in [3.8, 4) is 0 Å². The van der Waals surface area contributed by atoms with E-state index in [4.69, 9.17) is 0 Å². The van der Waals surface area contributed by atoms with Gasteiger partial charge in [0.25, 0.3) is 0 Å². The number of nitrogens with one attached hydrogen (secondary N) is 1. The first-order valence-corrected chi connectivity index (χ1v) is 9.09. The van der Waals surface area contributed by atoms with E-state index >= 15 is 0 Å². The van der Waals surface area contributed by atoms with Gasteiger partial charge in [-0.3, -0.25) is 4.90 Å². The van der Waals surface area contributed by atoms with Crippen molar-refractivity contribution < 1.29 is 0 Å². The normalized spacial score (nSPS) is 18.6. The Hall–Kier alpha value is -0.380. The Morgan fingerprint density at radius 2 is 2.05 bits per heavy atom. The van der Waals surface area contributed by atoms with Crippen molar-refractivity contribution in [1.29, 1.82) is 0 Å². The minimum absolute atomic E-state index is 0.579. The molecule has 1 aliphatic rings. The van der Waals surface area contributed by atoms with Crippen LogP contribution >= 0.6 is 11.3 Å². The van der Waals surface area contributed by atoms with Crippen LogP contribution in [0.5, 0.6) is 0 Å². The average Bonchev–Trinajstić information content (AvgIpc) is 2.96. The molecule has 0 amide bonds. The van der Waals surface area contributed by atoms with E-state index < -0.39 is 0 Å². The van der Waals surface area contributed by atoms with Gasteiger partial charge in [0, 0.05) is 22.3 Å². The van der Waals surface area contributed by atoms with Gasteiger partial charge in [-0.25, -0.2) is 0 Å². The summed E-state index contributed by atoms with van der Waals surface area (Å²) >= 11 is 2.00. The van der Waals surface area contributed by atoms with Crippen molar-refractivity contribution in [3.63, 3.8) is 0 Å². The Morgan fingerprint density at radius 1 is 1.30 bits per heavy atom. The van der Waals surface area contributed by atoms with Crippen LogP contribution in [0.1, 0.15) is 55.8 Å². The molecule has 2 heterocycles. The second-order valence-electron chi connectivity index (χ2n) is 6.02. The number of aryl methyl sites for hydroxylation is 1. The van der Waals surface area contributed by atoms with Crippen LogP contribution in [0.3, 0.4) is 0 Å². The number of nitrogens with zero attached hydrogens (tertiary/aromatic N) is 1. The van der Waals surface area contributed by atoms with Gasteiger partial charge in [0.15, 0.2) is 0 Å². The van der Waals surface area contributed by atoms with Crippen LogP contribution in [-0.2, 0) is 6.42 Å². The molecule has 1 saturated heterocycles. The first kappa shape index (κ1) is 16.0. The number of hydrogen-bond donors (Lipinski definition) is 1. The van der Waals surface area contributed by atoms with E-state index in [1.54, 1.807) is 4.88 Å². The summed E-state index contributed by atoms with van der Waals surface area (Å²) < 4.78 is 0. The molecule has 0 aliphatic carbocycles. The summed E-state index contributed by atoms with van der Waals surface area (Å²) in [5.41, 5.74) is 0. The van der Waals surface area contributed by atoms with Crippen molar-refractivity contribution >= 4 is 11.3 Å². The summed E-state index contributed by atoms with van der Waals surface area (Å²) in [4.78, 5) is 5.77. The third-order valence-electron chi connectivity index (χ3n) is 4.45. The molecule has 20 heavy (non-hydrogen) atoms.